The molecule has 0 unspecified atom stereocenters. The van der Waals surface area contributed by atoms with Crippen molar-refractivity contribution in [2.24, 2.45) is 0 Å². The van der Waals surface area contributed by atoms with Crippen LogP contribution in [0.25, 0.3) is 22.2 Å². The number of amides is 3. The molecule has 0 radical (unpaired) electrons. The van der Waals surface area contributed by atoms with E-state index in [2.05, 4.69) is 15.3 Å². The molecular formula is C26H30ClN5O3. The third-order valence-corrected chi connectivity index (χ3v) is 6.06. The lowest BCUT2D eigenvalue weighted by Gasteiger charge is -2.31. The zero-order chi connectivity index (χ0) is 25.2. The Hall–Kier alpha value is -3.52. The van der Waals surface area contributed by atoms with Crippen molar-refractivity contribution in [3.63, 3.8) is 0 Å². The number of nitrogens with one attached hydrogen (secondary N) is 2. The lowest BCUT2D eigenvalue weighted by Crippen LogP contribution is -2.46. The van der Waals surface area contributed by atoms with Crippen molar-refractivity contribution in [2.45, 2.75) is 39.7 Å². The minimum Gasteiger partial charge on any atom is -0.444 e. The van der Waals surface area contributed by atoms with Crippen molar-refractivity contribution in [3.8, 4) is 11.1 Å². The van der Waals surface area contributed by atoms with Crippen LogP contribution >= 0.6 is 11.6 Å². The quantitative estimate of drug-likeness (QED) is 0.457. The number of fused-ring (bicyclic) bond motifs is 1. The number of nitrogens with zero attached hydrogens (tertiary/aromatic N) is 3. The van der Waals surface area contributed by atoms with Gasteiger partial charge in [-0.15, -0.1) is 0 Å². The van der Waals surface area contributed by atoms with E-state index >= 15 is 0 Å². The second-order valence-corrected chi connectivity index (χ2v) is 9.71. The van der Waals surface area contributed by atoms with Crippen LogP contribution in [0.15, 0.2) is 48.9 Å². The van der Waals surface area contributed by atoms with Crippen molar-refractivity contribution >= 4 is 40.4 Å². The molecule has 0 spiro atoms. The van der Waals surface area contributed by atoms with Gasteiger partial charge in [0.05, 0.1) is 5.02 Å². The van der Waals surface area contributed by atoms with E-state index in [1.807, 2.05) is 43.5 Å². The predicted molar refractivity (Wildman–Crippen MR) is 139 cm³/mol. The summed E-state index contributed by atoms with van der Waals surface area (Å²) < 4.78 is 5.25. The first-order chi connectivity index (χ1) is 16.7. The van der Waals surface area contributed by atoms with Crippen LogP contribution in [0.3, 0.4) is 0 Å². The molecule has 1 aliphatic heterocycles. The highest BCUT2D eigenvalue weighted by molar-refractivity contribution is 6.37. The summed E-state index contributed by atoms with van der Waals surface area (Å²) in [5, 5.41) is 4.26. The average Bonchev–Trinajstić information content (AvgIpc) is 3.24. The molecule has 0 saturated carbocycles. The van der Waals surface area contributed by atoms with Crippen LogP contribution in [-0.2, 0) is 11.2 Å². The molecule has 0 bridgehead atoms. The normalized spacial score (nSPS) is 14.0. The first kappa shape index (κ1) is 24.6. The number of rotatable bonds is 6. The average molecular weight is 496 g/mol. The minimum atomic E-state index is -0.573. The molecule has 0 atom stereocenters. The highest BCUT2D eigenvalue weighted by Crippen LogP contribution is 2.36. The Labute approximate surface area is 209 Å². The van der Waals surface area contributed by atoms with Gasteiger partial charge in [0.15, 0.2) is 0 Å². The number of hydrogen-bond acceptors (Lipinski definition) is 4. The SMILES string of the molecule is CCc1cnc2[nH]cc(-c3cccc(N4CC=CN(CCNC(=O)OC(C)(C)C)C4=O)c3)c2c1Cl. The van der Waals surface area contributed by atoms with Crippen LogP contribution in [0.5, 0.6) is 0 Å². The summed E-state index contributed by atoms with van der Waals surface area (Å²) in [6, 6.07) is 7.64. The van der Waals surface area contributed by atoms with Crippen LogP contribution in [0.2, 0.25) is 5.02 Å². The number of carbonyl (C=O) groups excluding carboxylic acids is 2. The number of anilines is 1. The molecule has 9 heteroatoms. The molecule has 35 heavy (non-hydrogen) atoms. The number of carbonyl (C=O) groups is 2. The van der Waals surface area contributed by atoms with Gasteiger partial charge in [0, 0.05) is 54.9 Å². The Balaban J connectivity index is 1.51. The fraction of sp³-hybridized carbons (Fsp3) is 0.346. The molecule has 0 fully saturated rings. The van der Waals surface area contributed by atoms with Crippen molar-refractivity contribution in [1.82, 2.24) is 20.2 Å². The van der Waals surface area contributed by atoms with Crippen molar-refractivity contribution in [3.05, 3.63) is 59.5 Å². The first-order valence-corrected chi connectivity index (χ1v) is 12.0. The van der Waals surface area contributed by atoms with Crippen LogP contribution in [0.4, 0.5) is 15.3 Å². The molecule has 3 aromatic rings. The number of halogens is 1. The van der Waals surface area contributed by atoms with E-state index in [0.29, 0.717) is 18.1 Å². The van der Waals surface area contributed by atoms with Crippen LogP contribution in [-0.4, -0.2) is 52.2 Å². The minimum absolute atomic E-state index is 0.164. The van der Waals surface area contributed by atoms with E-state index < -0.39 is 11.7 Å². The number of hydrogen-bond donors (Lipinski definition) is 2. The highest BCUT2D eigenvalue weighted by atomic mass is 35.5. The lowest BCUT2D eigenvalue weighted by atomic mass is 10.0. The number of aryl methyl sites for hydroxylation is 1. The lowest BCUT2D eigenvalue weighted by molar-refractivity contribution is 0.0525. The number of pyridine rings is 1. The maximum Gasteiger partial charge on any atom is 0.407 e. The molecule has 4 rings (SSSR count). The Morgan fingerprint density at radius 1 is 1.31 bits per heavy atom. The van der Waals surface area contributed by atoms with Gasteiger partial charge in [-0.2, -0.15) is 0 Å². The van der Waals surface area contributed by atoms with Crippen molar-refractivity contribution in [2.75, 3.05) is 24.5 Å². The van der Waals surface area contributed by atoms with Crippen molar-refractivity contribution in [1.29, 1.82) is 0 Å². The van der Waals surface area contributed by atoms with E-state index in [0.717, 1.165) is 39.8 Å². The molecular weight excluding hydrogens is 466 g/mol. The molecule has 0 aliphatic carbocycles. The molecule has 3 amide bonds. The summed E-state index contributed by atoms with van der Waals surface area (Å²) in [6.07, 6.45) is 7.65. The monoisotopic (exact) mass is 495 g/mol. The maximum absolute atomic E-state index is 13.2. The zero-order valence-corrected chi connectivity index (χ0v) is 21.1. The molecule has 1 aliphatic rings. The van der Waals surface area contributed by atoms with Gasteiger partial charge < -0.3 is 15.0 Å². The van der Waals surface area contributed by atoms with Crippen LogP contribution in [0, 0.1) is 0 Å². The zero-order valence-electron chi connectivity index (χ0n) is 20.4. The molecule has 1 aromatic carbocycles. The second-order valence-electron chi connectivity index (χ2n) is 9.33. The van der Waals surface area contributed by atoms with Crippen LogP contribution < -0.4 is 10.2 Å². The number of urea groups is 1. The largest absolute Gasteiger partial charge is 0.444 e. The summed E-state index contributed by atoms with van der Waals surface area (Å²) in [7, 11) is 0. The van der Waals surface area contributed by atoms with E-state index in [1.54, 1.807) is 43.0 Å². The maximum atomic E-state index is 13.2. The summed E-state index contributed by atoms with van der Waals surface area (Å²) in [6.45, 7) is 8.52. The van der Waals surface area contributed by atoms with Crippen LogP contribution in [0.1, 0.15) is 33.3 Å². The molecule has 0 saturated heterocycles. The summed E-state index contributed by atoms with van der Waals surface area (Å²) >= 11 is 6.70. The summed E-state index contributed by atoms with van der Waals surface area (Å²) in [5.74, 6) is 0. The Bertz CT molecular complexity index is 1280. The van der Waals surface area contributed by atoms with E-state index in [-0.39, 0.29) is 12.6 Å². The highest BCUT2D eigenvalue weighted by Gasteiger charge is 2.24. The summed E-state index contributed by atoms with van der Waals surface area (Å²) in [5.41, 5.74) is 3.79. The van der Waals surface area contributed by atoms with E-state index in [9.17, 15) is 9.59 Å². The smallest absolute Gasteiger partial charge is 0.407 e. The van der Waals surface area contributed by atoms with E-state index in [1.165, 1.54) is 0 Å². The third kappa shape index (κ3) is 5.43. The number of ether oxygens (including phenoxy) is 1. The molecule has 2 N–H and O–H groups in total. The van der Waals surface area contributed by atoms with Gasteiger partial charge in [-0.25, -0.2) is 14.6 Å². The fourth-order valence-corrected chi connectivity index (χ4v) is 4.34. The predicted octanol–water partition coefficient (Wildman–Crippen LogP) is 5.73. The first-order valence-electron chi connectivity index (χ1n) is 11.6. The summed E-state index contributed by atoms with van der Waals surface area (Å²) in [4.78, 5) is 36.1. The van der Waals surface area contributed by atoms with Gasteiger partial charge in [0.25, 0.3) is 0 Å². The Morgan fingerprint density at radius 3 is 2.86 bits per heavy atom. The van der Waals surface area contributed by atoms with Gasteiger partial charge in [-0.1, -0.05) is 30.7 Å². The molecule has 3 heterocycles. The second kappa shape index (κ2) is 10.00. The fourth-order valence-electron chi connectivity index (χ4n) is 3.97. The number of alkyl carbamates (subject to hydrolysis) is 1. The standard InChI is InChI=1S/C26H30ClN5O3/c1-5-17-15-29-23-21(22(17)27)20(16-30-23)18-8-6-9-19(14-18)32-12-7-11-31(25(32)34)13-10-28-24(33)35-26(2,3)4/h6-9,11,14-16H,5,10,12-13H2,1-4H3,(H,28,33)(H,29,30). The van der Waals surface area contributed by atoms with Gasteiger partial charge >= 0.3 is 12.1 Å². The van der Waals surface area contributed by atoms with Gasteiger partial charge in [0.2, 0.25) is 0 Å². The van der Waals surface area contributed by atoms with Gasteiger partial charge in [-0.05, 0) is 56.5 Å². The van der Waals surface area contributed by atoms with Gasteiger partial charge in [0.1, 0.15) is 11.2 Å². The number of H-pyrrole nitrogens is 1. The Kier molecular flexibility index (Phi) is 7.03. The van der Waals surface area contributed by atoms with E-state index in [4.69, 9.17) is 16.3 Å². The molecule has 8 nitrogen and oxygen atoms in total. The Morgan fingerprint density at radius 2 is 2.11 bits per heavy atom. The topological polar surface area (TPSA) is 90.6 Å². The number of benzene rings is 1. The van der Waals surface area contributed by atoms with Crippen molar-refractivity contribution < 1.29 is 14.3 Å². The number of aromatic nitrogens is 2. The molecule has 2 aromatic heterocycles. The van der Waals surface area contributed by atoms with Gasteiger partial charge in [-0.3, -0.25) is 9.80 Å². The third-order valence-electron chi connectivity index (χ3n) is 5.63. The molecule has 184 valence electrons. The number of aromatic amines is 1.